The second-order valence-corrected chi connectivity index (χ2v) is 4.63. The second kappa shape index (κ2) is 6.30. The van der Waals surface area contributed by atoms with Gasteiger partial charge in [-0.1, -0.05) is 23.7 Å². The van der Waals surface area contributed by atoms with Gasteiger partial charge in [0.25, 0.3) is 0 Å². The summed E-state index contributed by atoms with van der Waals surface area (Å²) in [4.78, 5) is 11.1. The van der Waals surface area contributed by atoms with E-state index in [9.17, 15) is 4.79 Å². The van der Waals surface area contributed by atoms with E-state index < -0.39 is 5.97 Å². The van der Waals surface area contributed by atoms with Crippen molar-refractivity contribution in [1.29, 1.82) is 0 Å². The number of hydrogen-bond acceptors (Lipinski definition) is 3. The Morgan fingerprint density at radius 3 is 2.55 bits per heavy atom. The highest BCUT2D eigenvalue weighted by Crippen LogP contribution is 2.22. The zero-order valence-corrected chi connectivity index (χ0v) is 11.6. The molecule has 0 saturated carbocycles. The maximum Gasteiger partial charge on any atom is 0.337 e. The van der Waals surface area contributed by atoms with E-state index in [-0.39, 0.29) is 5.56 Å². The molecule has 2 aromatic rings. The van der Waals surface area contributed by atoms with E-state index in [1.807, 2.05) is 24.3 Å². The van der Waals surface area contributed by atoms with E-state index in [4.69, 9.17) is 21.4 Å². The fraction of sp³-hybridized carbons (Fsp3) is 0.133. The second-order valence-electron chi connectivity index (χ2n) is 4.20. The van der Waals surface area contributed by atoms with Gasteiger partial charge in [0.1, 0.15) is 5.75 Å². The number of carboxylic acids is 1. The van der Waals surface area contributed by atoms with Crippen molar-refractivity contribution in [2.24, 2.45) is 0 Å². The highest BCUT2D eigenvalue weighted by molar-refractivity contribution is 6.31. The Balaban J connectivity index is 2.13. The summed E-state index contributed by atoms with van der Waals surface area (Å²) in [5, 5.41) is 12.7. The van der Waals surface area contributed by atoms with E-state index >= 15 is 0 Å². The summed E-state index contributed by atoms with van der Waals surface area (Å²) in [6.07, 6.45) is 0. The Bertz CT molecular complexity index is 611. The summed E-state index contributed by atoms with van der Waals surface area (Å²) in [5.41, 5.74) is 1.71. The number of halogens is 1. The number of carbonyl (C=O) groups is 1. The third kappa shape index (κ3) is 3.42. The minimum absolute atomic E-state index is 0.197. The van der Waals surface area contributed by atoms with Gasteiger partial charge in [-0.25, -0.2) is 4.79 Å². The fourth-order valence-corrected chi connectivity index (χ4v) is 1.96. The first-order chi connectivity index (χ1) is 9.60. The van der Waals surface area contributed by atoms with Crippen LogP contribution in [0.15, 0.2) is 42.5 Å². The average Bonchev–Trinajstić information content (AvgIpc) is 2.45. The van der Waals surface area contributed by atoms with Crippen molar-refractivity contribution in [3.8, 4) is 5.75 Å². The van der Waals surface area contributed by atoms with Gasteiger partial charge in [-0.15, -0.1) is 0 Å². The Kier molecular flexibility index (Phi) is 4.48. The molecule has 0 bridgehead atoms. The maximum atomic E-state index is 11.1. The zero-order valence-electron chi connectivity index (χ0n) is 10.9. The maximum absolute atomic E-state index is 11.1. The highest BCUT2D eigenvalue weighted by Gasteiger charge is 2.10. The molecular weight excluding hydrogens is 278 g/mol. The van der Waals surface area contributed by atoms with Gasteiger partial charge in [-0.3, -0.25) is 0 Å². The molecule has 0 aromatic heterocycles. The van der Waals surface area contributed by atoms with Crippen LogP contribution >= 0.6 is 11.6 Å². The summed E-state index contributed by atoms with van der Waals surface area (Å²) < 4.78 is 5.08. The summed E-state index contributed by atoms with van der Waals surface area (Å²) in [7, 11) is 1.61. The van der Waals surface area contributed by atoms with Crippen LogP contribution in [0.3, 0.4) is 0 Å². The summed E-state index contributed by atoms with van der Waals surface area (Å²) in [6, 6.07) is 12.2. The van der Waals surface area contributed by atoms with Crippen LogP contribution in [0.2, 0.25) is 5.02 Å². The van der Waals surface area contributed by atoms with Crippen LogP contribution in [0, 0.1) is 0 Å². The van der Waals surface area contributed by atoms with Crippen LogP contribution in [0.1, 0.15) is 15.9 Å². The lowest BCUT2D eigenvalue weighted by molar-refractivity contribution is 0.0698. The SMILES string of the molecule is COc1ccc(CNc2cc(Cl)ccc2C(=O)O)cc1. The van der Waals surface area contributed by atoms with Gasteiger partial charge in [0, 0.05) is 11.6 Å². The van der Waals surface area contributed by atoms with Crippen LogP contribution in [0.5, 0.6) is 5.75 Å². The number of carboxylic acid groups (broad SMARTS) is 1. The lowest BCUT2D eigenvalue weighted by Gasteiger charge is -2.10. The summed E-state index contributed by atoms with van der Waals surface area (Å²) in [5.74, 6) is -0.207. The molecule has 104 valence electrons. The molecule has 0 saturated heterocycles. The minimum Gasteiger partial charge on any atom is -0.497 e. The van der Waals surface area contributed by atoms with Gasteiger partial charge < -0.3 is 15.2 Å². The molecule has 0 atom stereocenters. The number of benzene rings is 2. The van der Waals surface area contributed by atoms with Crippen molar-refractivity contribution in [1.82, 2.24) is 0 Å². The van der Waals surface area contributed by atoms with Gasteiger partial charge in [0.15, 0.2) is 0 Å². The lowest BCUT2D eigenvalue weighted by atomic mass is 10.1. The molecule has 0 radical (unpaired) electrons. The largest absolute Gasteiger partial charge is 0.497 e. The first-order valence-electron chi connectivity index (χ1n) is 6.00. The van der Waals surface area contributed by atoms with E-state index in [1.54, 1.807) is 19.2 Å². The molecule has 2 aromatic carbocycles. The molecule has 0 unspecified atom stereocenters. The number of rotatable bonds is 5. The molecule has 0 aliphatic heterocycles. The smallest absolute Gasteiger partial charge is 0.337 e. The topological polar surface area (TPSA) is 58.6 Å². The van der Waals surface area contributed by atoms with Crippen molar-refractivity contribution in [2.45, 2.75) is 6.54 Å². The molecule has 2 rings (SSSR count). The third-order valence-corrected chi connectivity index (χ3v) is 3.09. The molecule has 0 aliphatic rings. The number of methoxy groups -OCH3 is 1. The molecule has 0 heterocycles. The molecular formula is C15H14ClNO3. The molecule has 20 heavy (non-hydrogen) atoms. The number of hydrogen-bond donors (Lipinski definition) is 2. The molecule has 0 spiro atoms. The summed E-state index contributed by atoms with van der Waals surface area (Å²) in [6.45, 7) is 0.505. The van der Waals surface area contributed by atoms with Crippen molar-refractivity contribution >= 4 is 23.3 Å². The third-order valence-electron chi connectivity index (χ3n) is 2.85. The number of anilines is 1. The van der Waals surface area contributed by atoms with Gasteiger partial charge in [0.05, 0.1) is 18.4 Å². The van der Waals surface area contributed by atoms with Crippen LogP contribution < -0.4 is 10.1 Å². The van der Waals surface area contributed by atoms with E-state index in [1.165, 1.54) is 6.07 Å². The number of ether oxygens (including phenoxy) is 1. The van der Waals surface area contributed by atoms with Crippen molar-refractivity contribution in [3.63, 3.8) is 0 Å². The predicted octanol–water partition coefficient (Wildman–Crippen LogP) is 3.66. The van der Waals surface area contributed by atoms with Gasteiger partial charge in [-0.2, -0.15) is 0 Å². The van der Waals surface area contributed by atoms with Crippen molar-refractivity contribution < 1.29 is 14.6 Å². The Labute approximate surface area is 122 Å². The first-order valence-corrected chi connectivity index (χ1v) is 6.37. The minimum atomic E-state index is -0.987. The first kappa shape index (κ1) is 14.2. The molecule has 5 heteroatoms. The monoisotopic (exact) mass is 291 g/mol. The van der Waals surface area contributed by atoms with E-state index in [0.717, 1.165) is 11.3 Å². The van der Waals surface area contributed by atoms with Gasteiger partial charge in [0.2, 0.25) is 0 Å². The van der Waals surface area contributed by atoms with Crippen molar-refractivity contribution in [3.05, 3.63) is 58.6 Å². The molecule has 0 fully saturated rings. The van der Waals surface area contributed by atoms with Crippen LogP contribution in [-0.4, -0.2) is 18.2 Å². The zero-order chi connectivity index (χ0) is 14.5. The Morgan fingerprint density at radius 1 is 1.25 bits per heavy atom. The normalized spacial score (nSPS) is 10.1. The van der Waals surface area contributed by atoms with Gasteiger partial charge in [-0.05, 0) is 35.9 Å². The number of aromatic carboxylic acids is 1. The molecule has 0 aliphatic carbocycles. The standard InChI is InChI=1S/C15H14ClNO3/c1-20-12-5-2-10(3-6-12)9-17-14-8-11(16)4-7-13(14)15(18)19/h2-8,17H,9H2,1H3,(H,18,19). The number of nitrogens with one attached hydrogen (secondary N) is 1. The molecule has 4 nitrogen and oxygen atoms in total. The molecule has 0 amide bonds. The van der Waals surface area contributed by atoms with Crippen molar-refractivity contribution in [2.75, 3.05) is 12.4 Å². The quantitative estimate of drug-likeness (QED) is 0.882. The molecule has 2 N–H and O–H groups in total. The Morgan fingerprint density at radius 2 is 1.95 bits per heavy atom. The van der Waals surface area contributed by atoms with Crippen LogP contribution in [-0.2, 0) is 6.54 Å². The predicted molar refractivity (Wildman–Crippen MR) is 78.7 cm³/mol. The Hall–Kier alpha value is -2.20. The highest BCUT2D eigenvalue weighted by atomic mass is 35.5. The van der Waals surface area contributed by atoms with Crippen LogP contribution in [0.25, 0.3) is 0 Å². The van der Waals surface area contributed by atoms with Gasteiger partial charge >= 0.3 is 5.97 Å². The lowest BCUT2D eigenvalue weighted by Crippen LogP contribution is -2.06. The average molecular weight is 292 g/mol. The van der Waals surface area contributed by atoms with Crippen LogP contribution in [0.4, 0.5) is 5.69 Å². The fourth-order valence-electron chi connectivity index (χ4n) is 1.79. The van der Waals surface area contributed by atoms with E-state index in [0.29, 0.717) is 17.3 Å². The van der Waals surface area contributed by atoms with E-state index in [2.05, 4.69) is 5.32 Å². The summed E-state index contributed by atoms with van der Waals surface area (Å²) >= 11 is 5.89.